The molecule has 168 valence electrons. The van der Waals surface area contributed by atoms with Gasteiger partial charge in [-0.25, -0.2) is 17.6 Å². The van der Waals surface area contributed by atoms with Crippen molar-refractivity contribution < 1.29 is 39.5 Å². The lowest BCUT2D eigenvalue weighted by molar-refractivity contribution is -0.282. The van der Waals surface area contributed by atoms with E-state index in [1.54, 1.807) is 0 Å². The number of hydrogen-bond acceptors (Lipinski definition) is 1. The van der Waals surface area contributed by atoms with E-state index in [1.165, 1.54) is 6.92 Å². The minimum Gasteiger partial charge on any atom is -0.302 e. The summed E-state index contributed by atoms with van der Waals surface area (Å²) in [5.41, 5.74) is -1.68. The van der Waals surface area contributed by atoms with Crippen molar-refractivity contribution >= 4 is 5.69 Å². The van der Waals surface area contributed by atoms with Crippen molar-refractivity contribution in [3.8, 4) is 0 Å². The minimum absolute atomic E-state index is 0.188. The highest BCUT2D eigenvalue weighted by Crippen LogP contribution is 2.43. The lowest BCUT2D eigenvalue weighted by Gasteiger charge is -2.36. The van der Waals surface area contributed by atoms with Crippen LogP contribution < -0.4 is 4.90 Å². The van der Waals surface area contributed by atoms with E-state index in [4.69, 9.17) is 0 Å². The first kappa shape index (κ1) is 25.4. The molecule has 2 unspecified atom stereocenters. The number of halogens is 9. The zero-order chi connectivity index (χ0) is 22.6. The number of nitrogens with zero attached hydrogens (tertiary/aromatic N) is 1. The van der Waals surface area contributed by atoms with E-state index in [0.717, 1.165) is 19.3 Å². The van der Waals surface area contributed by atoms with E-state index >= 15 is 0 Å². The SMILES string of the molecule is CCCC(CC)CCC(C)CN(c1cc(F)c(F)c(F)c1F)C(F)(F)C(F)(F)F. The molecular formula is C19H24F9N. The second kappa shape index (κ2) is 9.93. The molecule has 0 aromatic heterocycles. The summed E-state index contributed by atoms with van der Waals surface area (Å²) in [6.07, 6.45) is -2.82. The Bertz CT molecular complexity index is 673. The molecule has 29 heavy (non-hydrogen) atoms. The molecule has 0 aliphatic carbocycles. The first-order valence-corrected chi connectivity index (χ1v) is 9.32. The zero-order valence-corrected chi connectivity index (χ0v) is 16.3. The van der Waals surface area contributed by atoms with Crippen LogP contribution in [0.15, 0.2) is 6.07 Å². The van der Waals surface area contributed by atoms with E-state index in [1.807, 2.05) is 13.8 Å². The average molecular weight is 437 g/mol. The molecule has 0 saturated heterocycles. The summed E-state index contributed by atoms with van der Waals surface area (Å²) in [6.45, 7) is 4.23. The molecule has 10 heteroatoms. The molecule has 0 heterocycles. The Labute approximate surface area is 163 Å². The van der Waals surface area contributed by atoms with Gasteiger partial charge < -0.3 is 4.90 Å². The Morgan fingerprint density at radius 1 is 0.862 bits per heavy atom. The normalized spacial score (nSPS) is 14.8. The van der Waals surface area contributed by atoms with Crippen molar-refractivity contribution in [2.75, 3.05) is 11.4 Å². The topological polar surface area (TPSA) is 3.24 Å². The van der Waals surface area contributed by atoms with Crippen LogP contribution in [0.2, 0.25) is 0 Å². The second-order valence-corrected chi connectivity index (χ2v) is 7.21. The van der Waals surface area contributed by atoms with Crippen LogP contribution in [0.1, 0.15) is 52.9 Å². The Balaban J connectivity index is 3.25. The maximum Gasteiger partial charge on any atom is 0.475 e. The van der Waals surface area contributed by atoms with Gasteiger partial charge in [0.2, 0.25) is 0 Å². The number of benzene rings is 1. The van der Waals surface area contributed by atoms with Gasteiger partial charge in [0.1, 0.15) is 0 Å². The molecule has 0 spiro atoms. The summed E-state index contributed by atoms with van der Waals surface area (Å²) >= 11 is 0. The Morgan fingerprint density at radius 3 is 1.93 bits per heavy atom. The molecule has 0 aliphatic heterocycles. The predicted molar refractivity (Wildman–Crippen MR) is 91.7 cm³/mol. The van der Waals surface area contributed by atoms with E-state index in [-0.39, 0.29) is 18.4 Å². The highest BCUT2D eigenvalue weighted by molar-refractivity contribution is 5.50. The van der Waals surface area contributed by atoms with Gasteiger partial charge in [0.05, 0.1) is 5.69 Å². The van der Waals surface area contributed by atoms with Crippen molar-refractivity contribution in [2.45, 2.75) is 65.1 Å². The summed E-state index contributed by atoms with van der Waals surface area (Å²) in [6, 6.07) is -5.81. The van der Waals surface area contributed by atoms with Gasteiger partial charge in [0, 0.05) is 12.6 Å². The van der Waals surface area contributed by atoms with Crippen LogP contribution in [0.4, 0.5) is 45.2 Å². The van der Waals surface area contributed by atoms with Crippen molar-refractivity contribution in [3.05, 3.63) is 29.3 Å². The van der Waals surface area contributed by atoms with Gasteiger partial charge in [0.15, 0.2) is 23.3 Å². The third-order valence-electron chi connectivity index (χ3n) is 4.89. The molecule has 1 aromatic carbocycles. The van der Waals surface area contributed by atoms with Crippen LogP contribution in [0.3, 0.4) is 0 Å². The maximum atomic E-state index is 14.1. The molecule has 1 nitrogen and oxygen atoms in total. The monoisotopic (exact) mass is 437 g/mol. The maximum absolute atomic E-state index is 14.1. The summed E-state index contributed by atoms with van der Waals surface area (Å²) in [4.78, 5) is -0.737. The third kappa shape index (κ3) is 5.94. The first-order valence-electron chi connectivity index (χ1n) is 9.32. The molecule has 0 N–H and O–H groups in total. The standard InChI is InChI=1S/C19H24F9N/c1-4-6-12(5-2)8-7-11(3)10-29(19(27,28)18(24,25)26)14-9-13(20)15(21)17(23)16(14)22/h9,11-12H,4-8,10H2,1-3H3. The average Bonchev–Trinajstić information content (AvgIpc) is 2.63. The largest absolute Gasteiger partial charge is 0.475 e. The first-order chi connectivity index (χ1) is 13.3. The second-order valence-electron chi connectivity index (χ2n) is 7.21. The van der Waals surface area contributed by atoms with Crippen LogP contribution in [-0.2, 0) is 0 Å². The molecule has 1 aromatic rings. The Kier molecular flexibility index (Phi) is 8.71. The molecule has 0 aliphatic rings. The van der Waals surface area contributed by atoms with Crippen molar-refractivity contribution in [1.29, 1.82) is 0 Å². The van der Waals surface area contributed by atoms with Gasteiger partial charge in [-0.3, -0.25) is 0 Å². The lowest BCUT2D eigenvalue weighted by atomic mass is 9.91. The van der Waals surface area contributed by atoms with Crippen LogP contribution in [-0.4, -0.2) is 18.8 Å². The van der Waals surface area contributed by atoms with Crippen molar-refractivity contribution in [1.82, 2.24) is 0 Å². The quantitative estimate of drug-likeness (QED) is 0.159. The van der Waals surface area contributed by atoms with E-state index in [0.29, 0.717) is 6.42 Å². The number of rotatable bonds is 10. The van der Waals surface area contributed by atoms with Crippen LogP contribution in [0.5, 0.6) is 0 Å². The predicted octanol–water partition coefficient (Wildman–Crippen LogP) is 7.45. The van der Waals surface area contributed by atoms with Gasteiger partial charge in [0.25, 0.3) is 0 Å². The highest BCUT2D eigenvalue weighted by atomic mass is 19.4. The van der Waals surface area contributed by atoms with Crippen LogP contribution >= 0.6 is 0 Å². The van der Waals surface area contributed by atoms with Crippen LogP contribution in [0, 0.1) is 35.1 Å². The molecule has 0 fully saturated rings. The number of anilines is 1. The molecule has 0 saturated carbocycles. The van der Waals surface area contributed by atoms with E-state index in [9.17, 15) is 39.5 Å². The minimum atomic E-state index is -6.14. The molecule has 1 rings (SSSR count). The van der Waals surface area contributed by atoms with Crippen molar-refractivity contribution in [2.24, 2.45) is 11.8 Å². The van der Waals surface area contributed by atoms with Gasteiger partial charge in [-0.1, -0.05) is 46.5 Å². The van der Waals surface area contributed by atoms with E-state index < -0.39 is 58.5 Å². The number of alkyl halides is 5. The number of hydrogen-bond donors (Lipinski definition) is 0. The fourth-order valence-corrected chi connectivity index (χ4v) is 3.16. The van der Waals surface area contributed by atoms with Gasteiger partial charge in [-0.2, -0.15) is 22.0 Å². The Morgan fingerprint density at radius 2 is 1.45 bits per heavy atom. The smallest absolute Gasteiger partial charge is 0.302 e. The Hall–Kier alpha value is -1.61. The summed E-state index contributed by atoms with van der Waals surface area (Å²) in [7, 11) is 0. The molecule has 0 radical (unpaired) electrons. The van der Waals surface area contributed by atoms with Gasteiger partial charge >= 0.3 is 12.2 Å². The fraction of sp³-hybridized carbons (Fsp3) is 0.684. The molecular weight excluding hydrogens is 413 g/mol. The lowest BCUT2D eigenvalue weighted by Crippen LogP contribution is -2.54. The highest BCUT2D eigenvalue weighted by Gasteiger charge is 2.62. The summed E-state index contributed by atoms with van der Waals surface area (Å²) < 4.78 is 121. The third-order valence-corrected chi connectivity index (χ3v) is 4.89. The fourth-order valence-electron chi connectivity index (χ4n) is 3.16. The molecule has 2 atom stereocenters. The molecule has 0 amide bonds. The van der Waals surface area contributed by atoms with Gasteiger partial charge in [-0.15, -0.1) is 0 Å². The molecule has 0 bridgehead atoms. The summed E-state index contributed by atoms with van der Waals surface area (Å²) in [5.74, 6) is -9.66. The van der Waals surface area contributed by atoms with Gasteiger partial charge in [-0.05, 0) is 18.3 Å². The van der Waals surface area contributed by atoms with Crippen molar-refractivity contribution in [3.63, 3.8) is 0 Å². The van der Waals surface area contributed by atoms with Crippen LogP contribution in [0.25, 0.3) is 0 Å². The zero-order valence-electron chi connectivity index (χ0n) is 16.3. The summed E-state index contributed by atoms with van der Waals surface area (Å²) in [5, 5.41) is 0. The van der Waals surface area contributed by atoms with E-state index in [2.05, 4.69) is 0 Å².